The van der Waals surface area contributed by atoms with Gasteiger partial charge in [0.25, 0.3) is 0 Å². The fourth-order valence-corrected chi connectivity index (χ4v) is 3.72. The SMILES string of the molecule is CC[C@@H](C)[C@H](NC(=O)[C@@H]1Cc2ccccc2CN1)C(=O)N[C@H](C)c1ccccc1. The van der Waals surface area contributed by atoms with E-state index in [1.807, 2.05) is 63.2 Å². The van der Waals surface area contributed by atoms with Crippen LogP contribution < -0.4 is 16.0 Å². The second-order valence-corrected chi connectivity index (χ2v) is 7.92. The zero-order valence-electron chi connectivity index (χ0n) is 17.4. The third kappa shape index (κ3) is 5.24. The van der Waals surface area contributed by atoms with Gasteiger partial charge in [-0.15, -0.1) is 0 Å². The Morgan fingerprint density at radius 1 is 1.00 bits per heavy atom. The van der Waals surface area contributed by atoms with Crippen LogP contribution in [0, 0.1) is 5.92 Å². The summed E-state index contributed by atoms with van der Waals surface area (Å²) in [4.78, 5) is 25.9. The van der Waals surface area contributed by atoms with Gasteiger partial charge < -0.3 is 16.0 Å². The van der Waals surface area contributed by atoms with Crippen molar-refractivity contribution in [3.8, 4) is 0 Å². The minimum atomic E-state index is -0.558. The topological polar surface area (TPSA) is 70.2 Å². The molecule has 2 amide bonds. The van der Waals surface area contributed by atoms with Crippen LogP contribution in [0.4, 0.5) is 0 Å². The highest BCUT2D eigenvalue weighted by molar-refractivity contribution is 5.90. The molecule has 2 aromatic carbocycles. The molecule has 3 rings (SSSR count). The third-order valence-electron chi connectivity index (χ3n) is 5.85. The number of rotatable bonds is 7. The first-order valence-corrected chi connectivity index (χ1v) is 10.5. The van der Waals surface area contributed by atoms with Gasteiger partial charge in [0.2, 0.25) is 11.8 Å². The molecule has 4 atom stereocenters. The summed E-state index contributed by atoms with van der Waals surface area (Å²) >= 11 is 0. The summed E-state index contributed by atoms with van der Waals surface area (Å²) in [6, 6.07) is 17.0. The molecule has 0 unspecified atom stereocenters. The molecule has 0 fully saturated rings. The fraction of sp³-hybridized carbons (Fsp3) is 0.417. The zero-order valence-corrected chi connectivity index (χ0v) is 17.4. The molecule has 5 heteroatoms. The first kappa shape index (κ1) is 21.1. The summed E-state index contributed by atoms with van der Waals surface area (Å²) < 4.78 is 0. The number of carbonyl (C=O) groups is 2. The minimum absolute atomic E-state index is 0.0396. The maximum atomic E-state index is 13.0. The molecule has 1 heterocycles. The second kappa shape index (κ2) is 9.70. The second-order valence-electron chi connectivity index (χ2n) is 7.92. The van der Waals surface area contributed by atoms with E-state index in [9.17, 15) is 9.59 Å². The van der Waals surface area contributed by atoms with Crippen LogP contribution in [-0.4, -0.2) is 23.9 Å². The average molecular weight is 394 g/mol. The van der Waals surface area contributed by atoms with Crippen LogP contribution in [0.1, 0.15) is 49.9 Å². The molecule has 1 aliphatic rings. The van der Waals surface area contributed by atoms with E-state index in [0.29, 0.717) is 13.0 Å². The van der Waals surface area contributed by atoms with E-state index in [2.05, 4.69) is 28.1 Å². The Morgan fingerprint density at radius 2 is 1.66 bits per heavy atom. The Kier molecular flexibility index (Phi) is 7.04. The van der Waals surface area contributed by atoms with Gasteiger partial charge in [0.05, 0.1) is 12.1 Å². The van der Waals surface area contributed by atoms with Gasteiger partial charge in [0, 0.05) is 6.54 Å². The molecule has 29 heavy (non-hydrogen) atoms. The maximum absolute atomic E-state index is 13.0. The number of amides is 2. The summed E-state index contributed by atoms with van der Waals surface area (Å²) in [7, 11) is 0. The van der Waals surface area contributed by atoms with Gasteiger partial charge in [0.15, 0.2) is 0 Å². The first-order valence-electron chi connectivity index (χ1n) is 10.5. The van der Waals surface area contributed by atoms with Gasteiger partial charge in [-0.05, 0) is 36.0 Å². The Bertz CT molecular complexity index is 837. The number of benzene rings is 2. The lowest BCUT2D eigenvalue weighted by Gasteiger charge is -2.30. The average Bonchev–Trinajstić information content (AvgIpc) is 2.76. The van der Waals surface area contributed by atoms with Crippen molar-refractivity contribution in [1.29, 1.82) is 0 Å². The quantitative estimate of drug-likeness (QED) is 0.677. The van der Waals surface area contributed by atoms with Crippen molar-refractivity contribution in [2.45, 2.75) is 58.3 Å². The number of hydrogen-bond donors (Lipinski definition) is 3. The number of fused-ring (bicyclic) bond motifs is 1. The van der Waals surface area contributed by atoms with Crippen LogP contribution in [0.2, 0.25) is 0 Å². The molecule has 0 radical (unpaired) electrons. The lowest BCUT2D eigenvalue weighted by molar-refractivity contribution is -0.131. The van der Waals surface area contributed by atoms with E-state index in [1.165, 1.54) is 11.1 Å². The normalized spacial score (nSPS) is 18.8. The lowest BCUT2D eigenvalue weighted by atomic mass is 9.94. The Balaban J connectivity index is 1.66. The highest BCUT2D eigenvalue weighted by Gasteiger charge is 2.31. The molecular weight excluding hydrogens is 362 g/mol. The van der Waals surface area contributed by atoms with Crippen LogP contribution in [0.25, 0.3) is 0 Å². The highest BCUT2D eigenvalue weighted by atomic mass is 16.2. The molecule has 2 aromatic rings. The van der Waals surface area contributed by atoms with E-state index in [0.717, 1.165) is 12.0 Å². The Hall–Kier alpha value is -2.66. The van der Waals surface area contributed by atoms with Crippen molar-refractivity contribution in [1.82, 2.24) is 16.0 Å². The summed E-state index contributed by atoms with van der Waals surface area (Å²) in [5.41, 5.74) is 3.46. The molecule has 0 saturated heterocycles. The third-order valence-corrected chi connectivity index (χ3v) is 5.85. The van der Waals surface area contributed by atoms with Crippen molar-refractivity contribution >= 4 is 11.8 Å². The van der Waals surface area contributed by atoms with E-state index in [-0.39, 0.29) is 29.8 Å². The molecule has 5 nitrogen and oxygen atoms in total. The monoisotopic (exact) mass is 393 g/mol. The summed E-state index contributed by atoms with van der Waals surface area (Å²) in [5, 5.41) is 9.37. The zero-order chi connectivity index (χ0) is 20.8. The van der Waals surface area contributed by atoms with Gasteiger partial charge in [-0.3, -0.25) is 9.59 Å². The van der Waals surface area contributed by atoms with Gasteiger partial charge in [-0.2, -0.15) is 0 Å². The van der Waals surface area contributed by atoms with Gasteiger partial charge in [-0.25, -0.2) is 0 Å². The van der Waals surface area contributed by atoms with Crippen LogP contribution in [-0.2, 0) is 22.6 Å². The smallest absolute Gasteiger partial charge is 0.243 e. The number of carbonyl (C=O) groups excluding carboxylic acids is 2. The van der Waals surface area contributed by atoms with Crippen LogP contribution in [0.3, 0.4) is 0 Å². The van der Waals surface area contributed by atoms with Gasteiger partial charge >= 0.3 is 0 Å². The molecule has 1 aliphatic heterocycles. The first-order chi connectivity index (χ1) is 14.0. The number of nitrogens with one attached hydrogen (secondary N) is 3. The van der Waals surface area contributed by atoms with Crippen LogP contribution in [0.5, 0.6) is 0 Å². The molecule has 154 valence electrons. The van der Waals surface area contributed by atoms with Gasteiger partial charge in [0.1, 0.15) is 6.04 Å². The molecule has 0 aromatic heterocycles. The van der Waals surface area contributed by atoms with Crippen molar-refractivity contribution in [3.63, 3.8) is 0 Å². The molecular formula is C24H31N3O2. The summed E-state index contributed by atoms with van der Waals surface area (Å²) in [6.07, 6.45) is 1.44. The van der Waals surface area contributed by atoms with Crippen LogP contribution >= 0.6 is 0 Å². The molecule has 0 spiro atoms. The minimum Gasteiger partial charge on any atom is -0.348 e. The fourth-order valence-electron chi connectivity index (χ4n) is 3.72. The number of hydrogen-bond acceptors (Lipinski definition) is 3. The lowest BCUT2D eigenvalue weighted by Crippen LogP contribution is -2.56. The van der Waals surface area contributed by atoms with Gasteiger partial charge in [-0.1, -0.05) is 74.9 Å². The van der Waals surface area contributed by atoms with E-state index >= 15 is 0 Å². The molecule has 0 saturated carbocycles. The van der Waals surface area contributed by atoms with Crippen molar-refractivity contribution in [2.75, 3.05) is 0 Å². The maximum Gasteiger partial charge on any atom is 0.243 e. The largest absolute Gasteiger partial charge is 0.348 e. The summed E-state index contributed by atoms with van der Waals surface area (Å²) in [5.74, 6) is -0.217. The predicted molar refractivity (Wildman–Crippen MR) is 115 cm³/mol. The standard InChI is InChI=1S/C24H31N3O2/c1-4-16(2)22(24(29)26-17(3)18-10-6-5-7-11-18)27-23(28)21-14-19-12-8-9-13-20(19)15-25-21/h5-13,16-17,21-22,25H,4,14-15H2,1-3H3,(H,26,29)(H,27,28)/t16-,17-,21+,22+/m1/s1. The highest BCUT2D eigenvalue weighted by Crippen LogP contribution is 2.18. The van der Waals surface area contributed by atoms with E-state index in [4.69, 9.17) is 0 Å². The van der Waals surface area contributed by atoms with Crippen molar-refractivity contribution < 1.29 is 9.59 Å². The van der Waals surface area contributed by atoms with Crippen molar-refractivity contribution in [3.05, 3.63) is 71.3 Å². The van der Waals surface area contributed by atoms with Crippen LogP contribution in [0.15, 0.2) is 54.6 Å². The molecule has 0 aliphatic carbocycles. The van der Waals surface area contributed by atoms with E-state index in [1.54, 1.807) is 0 Å². The molecule has 3 N–H and O–H groups in total. The predicted octanol–water partition coefficient (Wildman–Crippen LogP) is 3.11. The Labute approximate surface area is 173 Å². The molecule has 0 bridgehead atoms. The summed E-state index contributed by atoms with van der Waals surface area (Å²) in [6.45, 7) is 6.66. The Morgan fingerprint density at radius 3 is 2.34 bits per heavy atom. The van der Waals surface area contributed by atoms with Crippen molar-refractivity contribution in [2.24, 2.45) is 5.92 Å². The van der Waals surface area contributed by atoms with E-state index < -0.39 is 6.04 Å².